The van der Waals surface area contributed by atoms with E-state index in [-0.39, 0.29) is 24.0 Å². The van der Waals surface area contributed by atoms with Crippen molar-refractivity contribution < 1.29 is 0 Å². The van der Waals surface area contributed by atoms with Gasteiger partial charge >= 0.3 is 0 Å². The molecule has 0 unspecified atom stereocenters. The summed E-state index contributed by atoms with van der Waals surface area (Å²) in [4.78, 5) is 9.36. The number of aryl methyl sites for hydroxylation is 1. The summed E-state index contributed by atoms with van der Waals surface area (Å²) in [5.74, 6) is 2.60. The topological polar surface area (TPSA) is 61.6 Å². The first-order chi connectivity index (χ1) is 14.1. The van der Waals surface area contributed by atoms with Crippen molar-refractivity contribution in [3.8, 4) is 0 Å². The number of halogens is 1. The molecule has 0 radical (unpaired) electrons. The molecular weight excluding hydrogens is 489 g/mol. The first kappa shape index (κ1) is 24.6. The Morgan fingerprint density at radius 3 is 2.43 bits per heavy atom. The van der Waals surface area contributed by atoms with Gasteiger partial charge in [-0.2, -0.15) is 0 Å². The molecule has 166 valence electrons. The van der Waals surface area contributed by atoms with Gasteiger partial charge in [0.25, 0.3) is 0 Å². The number of benzene rings is 1. The summed E-state index contributed by atoms with van der Waals surface area (Å²) >= 11 is 0. The quantitative estimate of drug-likeness (QED) is 0.342. The second kappa shape index (κ2) is 12.2. The van der Waals surface area contributed by atoms with E-state index in [1.165, 1.54) is 11.1 Å². The summed E-state index contributed by atoms with van der Waals surface area (Å²) in [6.45, 7) is 13.4. The van der Waals surface area contributed by atoms with Gasteiger partial charge in [0.05, 0.1) is 0 Å². The van der Waals surface area contributed by atoms with Crippen LogP contribution >= 0.6 is 24.0 Å². The summed E-state index contributed by atoms with van der Waals surface area (Å²) in [5.41, 5.74) is 2.80. The van der Waals surface area contributed by atoms with Crippen LogP contribution in [0, 0.1) is 0 Å². The molecule has 1 aromatic heterocycles. The highest BCUT2D eigenvalue weighted by molar-refractivity contribution is 14.0. The average Bonchev–Trinajstić information content (AvgIpc) is 3.20. The Balaban J connectivity index is 0.00000320. The fourth-order valence-electron chi connectivity index (χ4n) is 3.74. The number of nitrogens with one attached hydrogen (secondary N) is 1. The molecule has 0 bridgehead atoms. The molecule has 1 aliphatic heterocycles. The number of hydrogen-bond donors (Lipinski definition) is 1. The molecule has 2 aromatic rings. The van der Waals surface area contributed by atoms with Gasteiger partial charge in [0.2, 0.25) is 0 Å². The number of rotatable bonds is 7. The van der Waals surface area contributed by atoms with Crippen molar-refractivity contribution in [3.63, 3.8) is 0 Å². The predicted octanol–water partition coefficient (Wildman–Crippen LogP) is 2.98. The van der Waals surface area contributed by atoms with Crippen LogP contribution in [-0.4, -0.2) is 70.3 Å². The maximum absolute atomic E-state index is 4.48. The lowest BCUT2D eigenvalue weighted by atomic mass is 10.0. The molecule has 1 fully saturated rings. The Bertz CT molecular complexity index is 777. The minimum atomic E-state index is 0. The molecule has 8 heteroatoms. The van der Waals surface area contributed by atoms with Gasteiger partial charge in [0, 0.05) is 59.3 Å². The summed E-state index contributed by atoms with van der Waals surface area (Å²) in [6.07, 6.45) is 2.70. The Kier molecular flexibility index (Phi) is 10.0. The first-order valence-corrected chi connectivity index (χ1v) is 10.7. The highest BCUT2D eigenvalue weighted by Crippen LogP contribution is 2.16. The lowest BCUT2D eigenvalue weighted by Gasteiger charge is -2.36. The van der Waals surface area contributed by atoms with Crippen molar-refractivity contribution in [3.05, 3.63) is 47.5 Å². The number of aliphatic imine (C=N–C) groups is 1. The zero-order valence-corrected chi connectivity index (χ0v) is 21.0. The average molecular weight is 525 g/mol. The second-order valence-corrected chi connectivity index (χ2v) is 7.93. The second-order valence-electron chi connectivity index (χ2n) is 7.93. The number of piperazine rings is 1. The summed E-state index contributed by atoms with van der Waals surface area (Å²) < 4.78 is 2.10. The molecule has 1 saturated heterocycles. The monoisotopic (exact) mass is 525 g/mol. The molecule has 1 aliphatic rings. The van der Waals surface area contributed by atoms with Gasteiger partial charge in [0.1, 0.15) is 12.2 Å². The van der Waals surface area contributed by atoms with Crippen LogP contribution in [0.3, 0.4) is 0 Å². The van der Waals surface area contributed by atoms with Crippen LogP contribution in [-0.2, 0) is 19.5 Å². The Morgan fingerprint density at radius 2 is 1.83 bits per heavy atom. The Morgan fingerprint density at radius 1 is 1.13 bits per heavy atom. The third kappa shape index (κ3) is 6.66. The summed E-state index contributed by atoms with van der Waals surface area (Å²) in [6, 6.07) is 9.08. The highest BCUT2D eigenvalue weighted by atomic mass is 127. The van der Waals surface area contributed by atoms with Crippen molar-refractivity contribution in [1.29, 1.82) is 0 Å². The van der Waals surface area contributed by atoms with Crippen LogP contribution in [0.15, 0.2) is 35.6 Å². The van der Waals surface area contributed by atoms with Crippen LogP contribution in [0.25, 0.3) is 0 Å². The smallest absolute Gasteiger partial charge is 0.193 e. The maximum atomic E-state index is 4.48. The lowest BCUT2D eigenvalue weighted by molar-refractivity contribution is 0.172. The molecule has 1 N–H and O–H groups in total. The van der Waals surface area contributed by atoms with Gasteiger partial charge in [-0.3, -0.25) is 9.89 Å². The SMILES string of the molecule is CCc1nncn1CCNC(=NC)N1CCN(Cc2ccc(C(C)C)cc2)CC1.I. The van der Waals surface area contributed by atoms with Crippen molar-refractivity contribution in [2.24, 2.45) is 4.99 Å². The van der Waals surface area contributed by atoms with Crippen molar-refractivity contribution >= 4 is 29.9 Å². The largest absolute Gasteiger partial charge is 0.354 e. The predicted molar refractivity (Wildman–Crippen MR) is 134 cm³/mol. The van der Waals surface area contributed by atoms with E-state index in [1.807, 2.05) is 7.05 Å². The molecule has 7 nitrogen and oxygen atoms in total. The van der Waals surface area contributed by atoms with Crippen LogP contribution < -0.4 is 5.32 Å². The summed E-state index contributed by atoms with van der Waals surface area (Å²) in [7, 11) is 1.86. The molecule has 30 heavy (non-hydrogen) atoms. The van der Waals surface area contributed by atoms with E-state index >= 15 is 0 Å². The van der Waals surface area contributed by atoms with Gasteiger partial charge in [-0.15, -0.1) is 34.2 Å². The highest BCUT2D eigenvalue weighted by Gasteiger charge is 2.19. The van der Waals surface area contributed by atoms with Gasteiger partial charge in [-0.25, -0.2) is 0 Å². The van der Waals surface area contributed by atoms with E-state index < -0.39 is 0 Å². The molecule has 3 rings (SSSR count). The van der Waals surface area contributed by atoms with E-state index in [4.69, 9.17) is 0 Å². The Labute approximate surface area is 198 Å². The van der Waals surface area contributed by atoms with E-state index in [0.717, 1.165) is 64.0 Å². The maximum Gasteiger partial charge on any atom is 0.193 e. The third-order valence-corrected chi connectivity index (χ3v) is 5.58. The Hall–Kier alpha value is -1.68. The van der Waals surface area contributed by atoms with E-state index in [1.54, 1.807) is 6.33 Å². The fraction of sp³-hybridized carbons (Fsp3) is 0.591. The van der Waals surface area contributed by atoms with Crippen molar-refractivity contribution in [2.75, 3.05) is 39.8 Å². The van der Waals surface area contributed by atoms with Crippen LogP contribution in [0.2, 0.25) is 0 Å². The molecule has 0 spiro atoms. The first-order valence-electron chi connectivity index (χ1n) is 10.7. The number of nitrogens with zero attached hydrogens (tertiary/aromatic N) is 6. The van der Waals surface area contributed by atoms with E-state index in [9.17, 15) is 0 Å². The zero-order valence-electron chi connectivity index (χ0n) is 18.7. The molecule has 0 atom stereocenters. The van der Waals surface area contributed by atoms with Gasteiger partial charge in [-0.05, 0) is 17.0 Å². The number of hydrogen-bond acceptors (Lipinski definition) is 4. The third-order valence-electron chi connectivity index (χ3n) is 5.58. The van der Waals surface area contributed by atoms with E-state index in [0.29, 0.717) is 5.92 Å². The molecule has 0 saturated carbocycles. The van der Waals surface area contributed by atoms with Crippen molar-refractivity contribution in [2.45, 2.75) is 46.2 Å². The minimum Gasteiger partial charge on any atom is -0.354 e. The standard InChI is InChI=1S/C22H35N7.HI/c1-5-21-26-25-17-29(21)11-10-24-22(23-4)28-14-12-27(13-15-28)16-19-6-8-20(9-7-19)18(2)3;/h6-9,17-18H,5,10-16H2,1-4H3,(H,23,24);1H. The normalized spacial score (nSPS) is 15.4. The van der Waals surface area contributed by atoms with Crippen LogP contribution in [0.5, 0.6) is 0 Å². The van der Waals surface area contributed by atoms with E-state index in [2.05, 4.69) is 79.9 Å². The molecular formula is C22H36IN7. The molecule has 2 heterocycles. The van der Waals surface area contributed by atoms with Crippen LogP contribution in [0.1, 0.15) is 43.6 Å². The fourth-order valence-corrected chi connectivity index (χ4v) is 3.74. The lowest BCUT2D eigenvalue weighted by Crippen LogP contribution is -2.52. The molecule has 0 amide bonds. The van der Waals surface area contributed by atoms with Gasteiger partial charge in [0.15, 0.2) is 5.96 Å². The zero-order chi connectivity index (χ0) is 20.6. The minimum absolute atomic E-state index is 0. The summed E-state index contributed by atoms with van der Waals surface area (Å²) in [5, 5.41) is 11.6. The number of guanidine groups is 1. The van der Waals surface area contributed by atoms with Gasteiger partial charge in [-0.1, -0.05) is 45.0 Å². The number of aromatic nitrogens is 3. The molecule has 1 aromatic carbocycles. The van der Waals surface area contributed by atoms with Gasteiger partial charge < -0.3 is 14.8 Å². The van der Waals surface area contributed by atoms with Crippen molar-refractivity contribution in [1.82, 2.24) is 29.9 Å². The molecule has 0 aliphatic carbocycles. The van der Waals surface area contributed by atoms with Crippen LogP contribution in [0.4, 0.5) is 0 Å².